The fourth-order valence-electron chi connectivity index (χ4n) is 5.18. The van der Waals surface area contributed by atoms with Crippen LogP contribution < -0.4 is 16.2 Å². The zero-order chi connectivity index (χ0) is 21.5. The number of rotatable bonds is 6. The molecule has 2 aromatic rings. The molecule has 0 saturated heterocycles. The number of pyridine rings is 1. The molecule has 2 bridgehead atoms. The van der Waals surface area contributed by atoms with Gasteiger partial charge in [-0.05, 0) is 69.6 Å². The molecule has 2 N–H and O–H groups in total. The number of anilines is 1. The lowest BCUT2D eigenvalue weighted by atomic mass is 9.69. The standard InChI is InChI=1S/C22H28BrN5O2/c1-21(2)15-4-7-22(21,3)17(10-15)27-16-12-26-28(20(30)19(16)23)13-18(29)25-11-14-5-8-24-9-6-14/h5-6,8-9,12,15,17,27H,4,7,10-11,13H2,1-3H3,(H,25,29). The summed E-state index contributed by atoms with van der Waals surface area (Å²) >= 11 is 3.43. The van der Waals surface area contributed by atoms with Gasteiger partial charge in [0, 0.05) is 25.0 Å². The van der Waals surface area contributed by atoms with Gasteiger partial charge in [-0.15, -0.1) is 0 Å². The minimum Gasteiger partial charge on any atom is -0.379 e. The van der Waals surface area contributed by atoms with Gasteiger partial charge in [-0.3, -0.25) is 14.6 Å². The molecule has 1 amide bonds. The lowest BCUT2D eigenvalue weighted by Crippen LogP contribution is -2.40. The minimum atomic E-state index is -0.313. The van der Waals surface area contributed by atoms with Gasteiger partial charge in [0.1, 0.15) is 11.0 Å². The molecule has 2 fully saturated rings. The maximum atomic E-state index is 12.8. The lowest BCUT2D eigenvalue weighted by molar-refractivity contribution is -0.122. The van der Waals surface area contributed by atoms with E-state index < -0.39 is 0 Å². The molecule has 3 atom stereocenters. The first-order chi connectivity index (χ1) is 14.2. The summed E-state index contributed by atoms with van der Waals surface area (Å²) in [5, 5.41) is 10.6. The third-order valence-electron chi connectivity index (χ3n) is 7.64. The van der Waals surface area contributed by atoms with E-state index in [1.54, 1.807) is 18.6 Å². The van der Waals surface area contributed by atoms with Crippen LogP contribution in [-0.2, 0) is 17.9 Å². The number of carbonyl (C=O) groups excluding carboxylic acids is 1. The largest absolute Gasteiger partial charge is 0.379 e. The topological polar surface area (TPSA) is 88.9 Å². The van der Waals surface area contributed by atoms with Crippen LogP contribution in [0.5, 0.6) is 0 Å². The molecule has 3 unspecified atom stereocenters. The third kappa shape index (κ3) is 3.55. The molecule has 2 aliphatic rings. The van der Waals surface area contributed by atoms with Crippen molar-refractivity contribution in [2.24, 2.45) is 16.7 Å². The highest BCUT2D eigenvalue weighted by molar-refractivity contribution is 9.10. The van der Waals surface area contributed by atoms with Crippen LogP contribution in [0.2, 0.25) is 0 Å². The highest BCUT2D eigenvalue weighted by atomic mass is 79.9. The van der Waals surface area contributed by atoms with E-state index in [2.05, 4.69) is 57.4 Å². The predicted octanol–water partition coefficient (Wildman–Crippen LogP) is 3.34. The van der Waals surface area contributed by atoms with Crippen LogP contribution in [0, 0.1) is 16.7 Å². The minimum absolute atomic E-state index is 0.126. The smallest absolute Gasteiger partial charge is 0.283 e. The number of hydrogen-bond donors (Lipinski definition) is 2. The van der Waals surface area contributed by atoms with Crippen LogP contribution in [0.15, 0.2) is 40.0 Å². The maximum Gasteiger partial charge on any atom is 0.283 e. The van der Waals surface area contributed by atoms with Crippen molar-refractivity contribution >= 4 is 27.5 Å². The van der Waals surface area contributed by atoms with E-state index in [0.717, 1.165) is 12.0 Å². The van der Waals surface area contributed by atoms with Crippen LogP contribution in [0.25, 0.3) is 0 Å². The molecule has 160 valence electrons. The summed E-state index contributed by atoms with van der Waals surface area (Å²) in [6.45, 7) is 7.34. The summed E-state index contributed by atoms with van der Waals surface area (Å²) < 4.78 is 1.60. The summed E-state index contributed by atoms with van der Waals surface area (Å²) in [7, 11) is 0. The van der Waals surface area contributed by atoms with E-state index in [0.29, 0.717) is 28.7 Å². The van der Waals surface area contributed by atoms with Gasteiger partial charge < -0.3 is 10.6 Å². The Labute approximate surface area is 184 Å². The van der Waals surface area contributed by atoms with Crippen molar-refractivity contribution < 1.29 is 4.79 Å². The molecule has 2 aliphatic carbocycles. The Bertz CT molecular complexity index is 1010. The fraction of sp³-hybridized carbons (Fsp3) is 0.545. The SMILES string of the molecule is CC1(C)C2CCC1(C)C(Nc1cnn(CC(=O)NCc3ccncc3)c(=O)c1Br)C2. The Morgan fingerprint density at radius 3 is 2.67 bits per heavy atom. The number of halogens is 1. The number of fused-ring (bicyclic) bond motifs is 2. The van der Waals surface area contributed by atoms with Gasteiger partial charge in [0.25, 0.3) is 5.56 Å². The molecule has 0 aromatic carbocycles. The molecule has 4 rings (SSSR count). The third-order valence-corrected chi connectivity index (χ3v) is 8.41. The molecule has 2 heterocycles. The number of nitrogens with zero attached hydrogens (tertiary/aromatic N) is 3. The molecule has 8 heteroatoms. The van der Waals surface area contributed by atoms with Gasteiger partial charge in [-0.25, -0.2) is 4.68 Å². The highest BCUT2D eigenvalue weighted by Crippen LogP contribution is 2.65. The summed E-state index contributed by atoms with van der Waals surface area (Å²) in [5.41, 5.74) is 1.81. The van der Waals surface area contributed by atoms with Gasteiger partial charge in [-0.1, -0.05) is 20.8 Å². The number of amides is 1. The molecule has 7 nitrogen and oxygen atoms in total. The van der Waals surface area contributed by atoms with Gasteiger partial charge in [0.05, 0.1) is 11.9 Å². The van der Waals surface area contributed by atoms with Crippen LogP contribution >= 0.6 is 15.9 Å². The Morgan fingerprint density at radius 1 is 1.30 bits per heavy atom. The molecule has 2 saturated carbocycles. The molecule has 30 heavy (non-hydrogen) atoms. The van der Waals surface area contributed by atoms with Gasteiger partial charge in [0.2, 0.25) is 5.91 Å². The molecule has 0 radical (unpaired) electrons. The molecular weight excluding hydrogens is 446 g/mol. The average Bonchev–Trinajstić information content (AvgIpc) is 3.06. The maximum absolute atomic E-state index is 12.8. The van der Waals surface area contributed by atoms with Gasteiger partial charge >= 0.3 is 0 Å². The monoisotopic (exact) mass is 473 g/mol. The zero-order valence-electron chi connectivity index (χ0n) is 17.6. The second-order valence-electron chi connectivity index (χ2n) is 9.27. The number of carbonyl (C=O) groups is 1. The van der Waals surface area contributed by atoms with E-state index in [-0.39, 0.29) is 28.8 Å². The van der Waals surface area contributed by atoms with Crippen molar-refractivity contribution in [3.8, 4) is 0 Å². The van der Waals surface area contributed by atoms with Crippen LogP contribution in [0.4, 0.5) is 5.69 Å². The van der Waals surface area contributed by atoms with E-state index in [9.17, 15) is 9.59 Å². The van der Waals surface area contributed by atoms with Crippen LogP contribution in [0.1, 0.15) is 45.6 Å². The summed E-state index contributed by atoms with van der Waals surface area (Å²) in [4.78, 5) is 29.0. The average molecular weight is 474 g/mol. The van der Waals surface area contributed by atoms with Gasteiger partial charge in [0.15, 0.2) is 0 Å². The quantitative estimate of drug-likeness (QED) is 0.671. The summed E-state index contributed by atoms with van der Waals surface area (Å²) in [5.74, 6) is 0.438. The Hall–Kier alpha value is -2.22. The van der Waals surface area contributed by atoms with E-state index in [1.807, 2.05) is 12.1 Å². The number of aromatic nitrogens is 3. The van der Waals surface area contributed by atoms with Crippen molar-refractivity contribution in [3.63, 3.8) is 0 Å². The van der Waals surface area contributed by atoms with Crippen molar-refractivity contribution in [2.75, 3.05) is 5.32 Å². The summed E-state index contributed by atoms with van der Waals surface area (Å²) in [6, 6.07) is 3.97. The van der Waals surface area contributed by atoms with Crippen molar-refractivity contribution in [1.29, 1.82) is 0 Å². The Morgan fingerprint density at radius 2 is 2.03 bits per heavy atom. The van der Waals surface area contributed by atoms with E-state index in [1.165, 1.54) is 17.5 Å². The van der Waals surface area contributed by atoms with Crippen molar-refractivity contribution in [3.05, 3.63) is 51.1 Å². The highest BCUT2D eigenvalue weighted by Gasteiger charge is 2.61. The Balaban J connectivity index is 1.43. The molecule has 0 aliphatic heterocycles. The zero-order valence-corrected chi connectivity index (χ0v) is 19.2. The predicted molar refractivity (Wildman–Crippen MR) is 119 cm³/mol. The van der Waals surface area contributed by atoms with Crippen LogP contribution in [0.3, 0.4) is 0 Å². The first-order valence-corrected chi connectivity index (χ1v) is 11.2. The van der Waals surface area contributed by atoms with Gasteiger partial charge in [-0.2, -0.15) is 5.10 Å². The van der Waals surface area contributed by atoms with Crippen LogP contribution in [-0.4, -0.2) is 26.7 Å². The fourth-order valence-corrected chi connectivity index (χ4v) is 5.60. The van der Waals surface area contributed by atoms with Crippen molar-refractivity contribution in [2.45, 2.75) is 59.2 Å². The first kappa shape index (κ1) is 21.0. The normalized spacial score (nSPS) is 26.5. The number of hydrogen-bond acceptors (Lipinski definition) is 5. The number of nitrogens with one attached hydrogen (secondary N) is 2. The summed E-state index contributed by atoms with van der Waals surface area (Å²) in [6.07, 6.45) is 8.57. The molecule has 2 aromatic heterocycles. The van der Waals surface area contributed by atoms with E-state index in [4.69, 9.17) is 0 Å². The van der Waals surface area contributed by atoms with Crippen molar-refractivity contribution in [1.82, 2.24) is 20.1 Å². The first-order valence-electron chi connectivity index (χ1n) is 10.4. The second kappa shape index (κ2) is 7.80. The Kier molecular flexibility index (Phi) is 5.46. The van der Waals surface area contributed by atoms with E-state index >= 15 is 0 Å². The lowest BCUT2D eigenvalue weighted by Gasteiger charge is -2.40. The molecular formula is C22H28BrN5O2. The second-order valence-corrected chi connectivity index (χ2v) is 10.1. The molecule has 0 spiro atoms.